The Kier molecular flexibility index (Phi) is 4.12. The molecule has 0 saturated heterocycles. The van der Waals surface area contributed by atoms with Crippen LogP contribution in [0.3, 0.4) is 0 Å². The molecule has 0 spiro atoms. The predicted octanol–water partition coefficient (Wildman–Crippen LogP) is 3.79. The zero-order chi connectivity index (χ0) is 16.4. The highest BCUT2D eigenvalue weighted by Crippen LogP contribution is 2.24. The van der Waals surface area contributed by atoms with Gasteiger partial charge in [0.2, 0.25) is 0 Å². The first kappa shape index (κ1) is 15.2. The fourth-order valence-corrected chi connectivity index (χ4v) is 2.57. The molecule has 1 aromatic carbocycles. The number of carbonyl (C=O) groups is 1. The van der Waals surface area contributed by atoms with Gasteiger partial charge in [-0.1, -0.05) is 17.7 Å². The van der Waals surface area contributed by atoms with E-state index in [4.69, 9.17) is 11.6 Å². The number of benzene rings is 1. The van der Waals surface area contributed by atoms with E-state index < -0.39 is 0 Å². The van der Waals surface area contributed by atoms with E-state index in [0.717, 1.165) is 16.9 Å². The van der Waals surface area contributed by atoms with E-state index in [1.807, 2.05) is 38.1 Å². The number of pyridine rings is 1. The maximum absolute atomic E-state index is 12.5. The Morgan fingerprint density at radius 3 is 2.61 bits per heavy atom. The highest BCUT2D eigenvalue weighted by atomic mass is 35.5. The lowest BCUT2D eigenvalue weighted by atomic mass is 10.2. The average molecular weight is 327 g/mol. The number of aromatic nitrogens is 3. The van der Waals surface area contributed by atoms with E-state index >= 15 is 0 Å². The van der Waals surface area contributed by atoms with Crippen molar-refractivity contribution in [3.8, 4) is 5.69 Å². The number of carbonyl (C=O) groups excluding carboxylic acids is 1. The predicted molar refractivity (Wildman–Crippen MR) is 90.2 cm³/mol. The summed E-state index contributed by atoms with van der Waals surface area (Å²) in [7, 11) is 0. The molecule has 0 saturated carbocycles. The van der Waals surface area contributed by atoms with Gasteiger partial charge in [0, 0.05) is 12.4 Å². The summed E-state index contributed by atoms with van der Waals surface area (Å²) in [6, 6.07) is 9.16. The number of aryl methyl sites for hydroxylation is 1. The van der Waals surface area contributed by atoms with E-state index in [0.29, 0.717) is 16.3 Å². The Morgan fingerprint density at radius 2 is 1.91 bits per heavy atom. The monoisotopic (exact) mass is 326 g/mol. The first-order valence-electron chi connectivity index (χ1n) is 7.09. The van der Waals surface area contributed by atoms with E-state index in [-0.39, 0.29) is 5.91 Å². The molecule has 2 heterocycles. The normalized spacial score (nSPS) is 10.6. The summed E-state index contributed by atoms with van der Waals surface area (Å²) in [4.78, 5) is 16.5. The van der Waals surface area contributed by atoms with Gasteiger partial charge in [-0.15, -0.1) is 0 Å². The number of nitrogens with zero attached hydrogens (tertiary/aromatic N) is 3. The van der Waals surface area contributed by atoms with Crippen molar-refractivity contribution >= 4 is 23.2 Å². The molecule has 0 aliphatic heterocycles. The lowest BCUT2D eigenvalue weighted by molar-refractivity contribution is 0.102. The van der Waals surface area contributed by atoms with Crippen LogP contribution in [-0.2, 0) is 0 Å². The summed E-state index contributed by atoms with van der Waals surface area (Å²) in [5, 5.41) is 7.61. The Bertz CT molecular complexity index is 858. The molecule has 1 amide bonds. The molecule has 23 heavy (non-hydrogen) atoms. The van der Waals surface area contributed by atoms with Crippen molar-refractivity contribution in [3.05, 3.63) is 70.8 Å². The standard InChI is InChI=1S/C17H15ClN4O/c1-11-3-4-16(15(18)9-11)21-17(23)14-10-20-22(12(14)2)13-5-7-19-8-6-13/h3-10H,1-2H3,(H,21,23). The van der Waals surface area contributed by atoms with Crippen LogP contribution in [0.15, 0.2) is 48.9 Å². The second kappa shape index (κ2) is 6.22. The Balaban J connectivity index is 1.88. The van der Waals surface area contributed by atoms with E-state index in [1.165, 1.54) is 0 Å². The van der Waals surface area contributed by atoms with Crippen LogP contribution in [0.5, 0.6) is 0 Å². The molecule has 0 atom stereocenters. The summed E-state index contributed by atoms with van der Waals surface area (Å²) in [5.41, 5.74) is 3.72. The van der Waals surface area contributed by atoms with Gasteiger partial charge in [-0.05, 0) is 43.7 Å². The highest BCUT2D eigenvalue weighted by molar-refractivity contribution is 6.34. The van der Waals surface area contributed by atoms with Crippen LogP contribution < -0.4 is 5.32 Å². The van der Waals surface area contributed by atoms with Crippen molar-refractivity contribution in [1.29, 1.82) is 0 Å². The third-order valence-corrected chi connectivity index (χ3v) is 3.85. The van der Waals surface area contributed by atoms with Gasteiger partial charge in [0.15, 0.2) is 0 Å². The number of amides is 1. The second-order valence-electron chi connectivity index (χ2n) is 5.20. The lowest BCUT2D eigenvalue weighted by Gasteiger charge is -2.08. The first-order chi connectivity index (χ1) is 11.1. The molecule has 3 rings (SSSR count). The van der Waals surface area contributed by atoms with Crippen LogP contribution in [0, 0.1) is 13.8 Å². The number of rotatable bonds is 3. The minimum Gasteiger partial charge on any atom is -0.321 e. The average Bonchev–Trinajstić information content (AvgIpc) is 2.92. The topological polar surface area (TPSA) is 59.8 Å². The van der Waals surface area contributed by atoms with Crippen molar-refractivity contribution < 1.29 is 4.79 Å². The van der Waals surface area contributed by atoms with Gasteiger partial charge in [-0.3, -0.25) is 9.78 Å². The smallest absolute Gasteiger partial charge is 0.259 e. The van der Waals surface area contributed by atoms with Gasteiger partial charge in [0.25, 0.3) is 5.91 Å². The third-order valence-electron chi connectivity index (χ3n) is 3.53. The van der Waals surface area contributed by atoms with Gasteiger partial charge in [-0.25, -0.2) is 4.68 Å². The van der Waals surface area contributed by atoms with Crippen molar-refractivity contribution in [2.24, 2.45) is 0 Å². The molecule has 0 unspecified atom stereocenters. The van der Waals surface area contributed by atoms with Gasteiger partial charge < -0.3 is 5.32 Å². The summed E-state index contributed by atoms with van der Waals surface area (Å²) in [5.74, 6) is -0.242. The Labute approximate surface area is 138 Å². The Hall–Kier alpha value is -2.66. The van der Waals surface area contributed by atoms with Crippen molar-refractivity contribution in [2.45, 2.75) is 13.8 Å². The van der Waals surface area contributed by atoms with Gasteiger partial charge in [0.1, 0.15) is 0 Å². The SMILES string of the molecule is Cc1ccc(NC(=O)c2cnn(-c3ccncc3)c2C)c(Cl)c1. The Morgan fingerprint density at radius 1 is 1.17 bits per heavy atom. The molecule has 1 N–H and O–H groups in total. The van der Waals surface area contributed by atoms with Crippen molar-refractivity contribution in [3.63, 3.8) is 0 Å². The first-order valence-corrected chi connectivity index (χ1v) is 7.46. The number of anilines is 1. The second-order valence-corrected chi connectivity index (χ2v) is 5.61. The zero-order valence-electron chi connectivity index (χ0n) is 12.7. The van der Waals surface area contributed by atoms with Crippen LogP contribution in [0.25, 0.3) is 5.69 Å². The fraction of sp³-hybridized carbons (Fsp3) is 0.118. The highest BCUT2D eigenvalue weighted by Gasteiger charge is 2.16. The minimum atomic E-state index is -0.242. The van der Waals surface area contributed by atoms with Crippen LogP contribution in [0.2, 0.25) is 5.02 Å². The quantitative estimate of drug-likeness (QED) is 0.796. The van der Waals surface area contributed by atoms with E-state index in [2.05, 4.69) is 15.4 Å². The van der Waals surface area contributed by atoms with E-state index in [1.54, 1.807) is 29.3 Å². The van der Waals surface area contributed by atoms with Gasteiger partial charge in [0.05, 0.1) is 33.9 Å². The van der Waals surface area contributed by atoms with Crippen LogP contribution >= 0.6 is 11.6 Å². The molecule has 0 fully saturated rings. The molecule has 5 nitrogen and oxygen atoms in total. The summed E-state index contributed by atoms with van der Waals surface area (Å²) >= 11 is 6.16. The van der Waals surface area contributed by atoms with Crippen LogP contribution in [0.4, 0.5) is 5.69 Å². The fourth-order valence-electron chi connectivity index (χ4n) is 2.29. The molecular formula is C17H15ClN4O. The van der Waals surface area contributed by atoms with Crippen molar-refractivity contribution in [1.82, 2.24) is 14.8 Å². The molecule has 0 aliphatic rings. The maximum atomic E-state index is 12.5. The molecule has 2 aromatic heterocycles. The van der Waals surface area contributed by atoms with Gasteiger partial charge in [-0.2, -0.15) is 5.10 Å². The molecule has 116 valence electrons. The van der Waals surface area contributed by atoms with Gasteiger partial charge >= 0.3 is 0 Å². The summed E-state index contributed by atoms with van der Waals surface area (Å²) < 4.78 is 1.70. The molecule has 0 radical (unpaired) electrons. The zero-order valence-corrected chi connectivity index (χ0v) is 13.5. The van der Waals surface area contributed by atoms with Crippen LogP contribution in [-0.4, -0.2) is 20.7 Å². The summed E-state index contributed by atoms with van der Waals surface area (Å²) in [6.07, 6.45) is 4.91. The molecule has 6 heteroatoms. The molecule has 0 bridgehead atoms. The maximum Gasteiger partial charge on any atom is 0.259 e. The van der Waals surface area contributed by atoms with E-state index in [9.17, 15) is 4.79 Å². The molecule has 3 aromatic rings. The molecule has 0 aliphatic carbocycles. The van der Waals surface area contributed by atoms with Crippen molar-refractivity contribution in [2.75, 3.05) is 5.32 Å². The largest absolute Gasteiger partial charge is 0.321 e. The lowest BCUT2D eigenvalue weighted by Crippen LogP contribution is -2.13. The minimum absolute atomic E-state index is 0.242. The number of hydrogen-bond donors (Lipinski definition) is 1. The number of hydrogen-bond acceptors (Lipinski definition) is 3. The molecular weight excluding hydrogens is 312 g/mol. The van der Waals surface area contributed by atoms with Crippen LogP contribution in [0.1, 0.15) is 21.6 Å². The number of halogens is 1. The third kappa shape index (κ3) is 3.10. The number of nitrogens with one attached hydrogen (secondary N) is 1. The summed E-state index contributed by atoms with van der Waals surface area (Å²) in [6.45, 7) is 3.79.